The molecule has 1 heterocycles. The molecular weight excluding hydrogens is 476 g/mol. The third-order valence-corrected chi connectivity index (χ3v) is 8.17. The van der Waals surface area contributed by atoms with Crippen molar-refractivity contribution >= 4 is 11.9 Å². The van der Waals surface area contributed by atoms with Crippen molar-refractivity contribution < 1.29 is 39.1 Å². The lowest BCUT2D eigenvalue weighted by Crippen LogP contribution is -2.60. The molecule has 0 amide bonds. The summed E-state index contributed by atoms with van der Waals surface area (Å²) in [6.45, 7) is 11.7. The normalized spacial score (nSPS) is 33.3. The molecule has 8 heteroatoms. The van der Waals surface area contributed by atoms with Gasteiger partial charge in [-0.3, -0.25) is 0 Å². The molecule has 0 aromatic heterocycles. The zero-order chi connectivity index (χ0) is 27.4. The van der Waals surface area contributed by atoms with E-state index in [9.17, 15) is 19.8 Å². The number of fused-ring (bicyclic) bond motifs is 4. The standard InChI is InChI=1S/C29H40O8/c1-18-10-12-29(17-35-27(34)15-19(2)11-13-30)25(14-18)36-23-16-24(28(29,5)20(23)3)37-26(33)9-7-6-8-22(32)21(4)31/h6-9,14-15,21-25,30-32H,3,10-13,16-17H2,1-2,4-5H3/b8-6+,9-7+,19-15+/t21-,22+,23+,24+,25+,28+,29+/m0/s1. The first-order valence-corrected chi connectivity index (χ1v) is 12.8. The maximum absolute atomic E-state index is 12.7. The van der Waals surface area contributed by atoms with E-state index in [0.29, 0.717) is 19.3 Å². The van der Waals surface area contributed by atoms with Crippen LogP contribution >= 0.6 is 0 Å². The van der Waals surface area contributed by atoms with Gasteiger partial charge in [-0.2, -0.15) is 0 Å². The lowest BCUT2D eigenvalue weighted by atomic mass is 9.53. The average molecular weight is 517 g/mol. The number of aliphatic hydroxyl groups excluding tert-OH is 3. The van der Waals surface area contributed by atoms with E-state index >= 15 is 0 Å². The number of rotatable bonds is 10. The molecule has 1 saturated heterocycles. The van der Waals surface area contributed by atoms with E-state index in [4.69, 9.17) is 19.3 Å². The first-order chi connectivity index (χ1) is 17.4. The fraction of sp³-hybridized carbons (Fsp3) is 0.586. The third kappa shape index (κ3) is 5.98. The van der Waals surface area contributed by atoms with Crippen LogP contribution in [-0.4, -0.2) is 71.0 Å². The van der Waals surface area contributed by atoms with Crippen molar-refractivity contribution in [3.8, 4) is 0 Å². The number of hydrogen-bond donors (Lipinski definition) is 3. The van der Waals surface area contributed by atoms with Gasteiger partial charge in [-0.05, 0) is 45.6 Å². The number of ether oxygens (including phenoxy) is 3. The van der Waals surface area contributed by atoms with E-state index in [2.05, 4.69) is 19.6 Å². The molecule has 0 radical (unpaired) electrons. The van der Waals surface area contributed by atoms with Crippen LogP contribution in [0.25, 0.3) is 0 Å². The zero-order valence-electron chi connectivity index (χ0n) is 22.2. The van der Waals surface area contributed by atoms with Crippen molar-refractivity contribution in [3.05, 3.63) is 59.8 Å². The third-order valence-electron chi connectivity index (χ3n) is 8.17. The summed E-state index contributed by atoms with van der Waals surface area (Å²) in [5.74, 6) is -1.03. The minimum atomic E-state index is -1.03. The van der Waals surface area contributed by atoms with Crippen molar-refractivity contribution in [2.45, 2.75) is 83.9 Å². The molecule has 2 bridgehead atoms. The van der Waals surface area contributed by atoms with E-state index in [1.165, 1.54) is 42.9 Å². The number of carbonyl (C=O) groups excluding carboxylic acids is 2. The summed E-state index contributed by atoms with van der Waals surface area (Å²) in [4.78, 5) is 25.3. The van der Waals surface area contributed by atoms with Gasteiger partial charge < -0.3 is 29.5 Å². The largest absolute Gasteiger partial charge is 0.462 e. The Bertz CT molecular complexity index is 1010. The lowest BCUT2D eigenvalue weighted by molar-refractivity contribution is -0.181. The quantitative estimate of drug-likeness (QED) is 0.175. The highest BCUT2D eigenvalue weighted by molar-refractivity contribution is 5.83. The summed E-state index contributed by atoms with van der Waals surface area (Å²) in [6.07, 6.45) is 8.32. The SMILES string of the molecule is C=C1[C@H]2C[C@@H](OC(=O)/C=C/C=C/[C@@H](O)[C@H](C)O)[C@]1(C)[C@@]1(COC(=O)/C=C(\C)CCO)CCC(C)=C[C@H]1O2. The van der Waals surface area contributed by atoms with Crippen molar-refractivity contribution in [1.29, 1.82) is 0 Å². The van der Waals surface area contributed by atoms with Crippen molar-refractivity contribution in [1.82, 2.24) is 0 Å². The van der Waals surface area contributed by atoms with Crippen LogP contribution in [0.2, 0.25) is 0 Å². The molecule has 204 valence electrons. The number of carbonyl (C=O) groups is 2. The summed E-state index contributed by atoms with van der Waals surface area (Å²) in [7, 11) is 0. The van der Waals surface area contributed by atoms with Gasteiger partial charge in [0.1, 0.15) is 12.7 Å². The van der Waals surface area contributed by atoms with Crippen molar-refractivity contribution in [2.75, 3.05) is 13.2 Å². The predicted octanol–water partition coefficient (Wildman–Crippen LogP) is 3.08. The first kappa shape index (κ1) is 29.0. The highest BCUT2D eigenvalue weighted by Crippen LogP contribution is 2.65. The van der Waals surface area contributed by atoms with E-state index in [-0.39, 0.29) is 25.4 Å². The second kappa shape index (κ2) is 11.9. The average Bonchev–Trinajstić information content (AvgIpc) is 3.00. The van der Waals surface area contributed by atoms with Gasteiger partial charge in [0.15, 0.2) is 0 Å². The molecule has 37 heavy (non-hydrogen) atoms. The Hall–Kier alpha value is -2.52. The topological polar surface area (TPSA) is 123 Å². The summed E-state index contributed by atoms with van der Waals surface area (Å²) >= 11 is 0. The maximum Gasteiger partial charge on any atom is 0.331 e. The molecule has 3 aliphatic rings. The maximum atomic E-state index is 12.7. The van der Waals surface area contributed by atoms with Gasteiger partial charge >= 0.3 is 11.9 Å². The van der Waals surface area contributed by atoms with Gasteiger partial charge in [-0.1, -0.05) is 49.0 Å². The Morgan fingerprint density at radius 1 is 1.30 bits per heavy atom. The Morgan fingerprint density at radius 2 is 2.03 bits per heavy atom. The highest BCUT2D eigenvalue weighted by atomic mass is 16.6. The zero-order valence-corrected chi connectivity index (χ0v) is 22.2. The van der Waals surface area contributed by atoms with E-state index in [0.717, 1.165) is 17.6 Å². The molecule has 3 N–H and O–H groups in total. The fourth-order valence-corrected chi connectivity index (χ4v) is 5.67. The molecule has 0 aromatic carbocycles. The summed E-state index contributed by atoms with van der Waals surface area (Å²) in [5, 5.41) is 28.1. The molecule has 7 atom stereocenters. The molecule has 1 aliphatic heterocycles. The predicted molar refractivity (Wildman–Crippen MR) is 138 cm³/mol. The van der Waals surface area contributed by atoms with Crippen molar-refractivity contribution in [2.24, 2.45) is 10.8 Å². The second-order valence-electron chi connectivity index (χ2n) is 10.7. The number of aliphatic hydroxyl groups is 3. The van der Waals surface area contributed by atoms with Gasteiger partial charge in [0.25, 0.3) is 0 Å². The monoisotopic (exact) mass is 516 g/mol. The first-order valence-electron chi connectivity index (χ1n) is 12.8. The van der Waals surface area contributed by atoms with Gasteiger partial charge in [0.2, 0.25) is 0 Å². The molecule has 0 unspecified atom stereocenters. The van der Waals surface area contributed by atoms with Gasteiger partial charge in [-0.25, -0.2) is 9.59 Å². The number of esters is 2. The van der Waals surface area contributed by atoms with Crippen LogP contribution in [0.3, 0.4) is 0 Å². The number of hydrogen-bond acceptors (Lipinski definition) is 8. The van der Waals surface area contributed by atoms with Crippen molar-refractivity contribution in [3.63, 3.8) is 0 Å². The summed E-state index contributed by atoms with van der Waals surface area (Å²) in [6, 6.07) is 0. The molecule has 0 aromatic rings. The van der Waals surface area contributed by atoms with E-state index < -0.39 is 41.1 Å². The van der Waals surface area contributed by atoms with Gasteiger partial charge in [-0.15, -0.1) is 0 Å². The minimum absolute atomic E-state index is 0.0444. The molecule has 2 fully saturated rings. The molecule has 0 spiro atoms. The van der Waals surface area contributed by atoms with Crippen LogP contribution in [0.4, 0.5) is 0 Å². The van der Waals surface area contributed by atoms with Crippen LogP contribution in [0.1, 0.15) is 53.4 Å². The molecule has 1 saturated carbocycles. The molecule has 3 rings (SSSR count). The highest BCUT2D eigenvalue weighted by Gasteiger charge is 2.68. The van der Waals surface area contributed by atoms with Crippen LogP contribution in [0.15, 0.2) is 59.8 Å². The summed E-state index contributed by atoms with van der Waals surface area (Å²) < 4.78 is 18.2. The Balaban J connectivity index is 1.84. The molecule has 8 nitrogen and oxygen atoms in total. The van der Waals surface area contributed by atoms with Gasteiger partial charge in [0.05, 0.1) is 24.4 Å². The van der Waals surface area contributed by atoms with E-state index in [1.54, 1.807) is 6.92 Å². The van der Waals surface area contributed by atoms with Gasteiger partial charge in [0, 0.05) is 36.0 Å². The Kier molecular flexibility index (Phi) is 9.34. The second-order valence-corrected chi connectivity index (χ2v) is 10.7. The number of allylic oxidation sites excluding steroid dienone is 3. The van der Waals surface area contributed by atoms with Crippen LogP contribution < -0.4 is 0 Å². The Labute approximate surface area is 219 Å². The molecular formula is C29H40O8. The fourth-order valence-electron chi connectivity index (χ4n) is 5.67. The minimum Gasteiger partial charge on any atom is -0.462 e. The smallest absolute Gasteiger partial charge is 0.331 e. The van der Waals surface area contributed by atoms with E-state index in [1.807, 2.05) is 6.92 Å². The Morgan fingerprint density at radius 3 is 2.70 bits per heavy atom. The van der Waals surface area contributed by atoms with Crippen LogP contribution in [0, 0.1) is 10.8 Å². The summed E-state index contributed by atoms with van der Waals surface area (Å²) in [5.41, 5.74) is 1.40. The van der Waals surface area contributed by atoms with Crippen LogP contribution in [0.5, 0.6) is 0 Å². The van der Waals surface area contributed by atoms with Crippen LogP contribution in [-0.2, 0) is 23.8 Å². The lowest BCUT2D eigenvalue weighted by Gasteiger charge is -2.56. The molecule has 2 aliphatic carbocycles.